The molecule has 21 heavy (non-hydrogen) atoms. The molecule has 0 spiro atoms. The van der Waals surface area contributed by atoms with E-state index in [4.69, 9.17) is 11.6 Å². The summed E-state index contributed by atoms with van der Waals surface area (Å²) in [5.74, 6) is 0.0259. The molecule has 0 aromatic heterocycles. The van der Waals surface area contributed by atoms with Crippen molar-refractivity contribution in [1.29, 1.82) is 0 Å². The van der Waals surface area contributed by atoms with E-state index in [0.29, 0.717) is 11.4 Å². The number of amides is 1. The van der Waals surface area contributed by atoms with Crippen molar-refractivity contribution in [2.75, 3.05) is 11.9 Å². The van der Waals surface area contributed by atoms with Crippen molar-refractivity contribution in [2.24, 2.45) is 0 Å². The van der Waals surface area contributed by atoms with Gasteiger partial charge in [0.1, 0.15) is 0 Å². The van der Waals surface area contributed by atoms with E-state index in [0.717, 1.165) is 23.4 Å². The zero-order valence-electron chi connectivity index (χ0n) is 11.8. The maximum absolute atomic E-state index is 11.5. The van der Waals surface area contributed by atoms with Gasteiger partial charge in [-0.2, -0.15) is 0 Å². The molecule has 0 radical (unpaired) electrons. The van der Waals surface area contributed by atoms with Gasteiger partial charge in [-0.15, -0.1) is 0 Å². The Bertz CT molecular complexity index is 670. The van der Waals surface area contributed by atoms with E-state index in [1.807, 2.05) is 30.3 Å². The van der Waals surface area contributed by atoms with Crippen LogP contribution in [-0.2, 0) is 11.2 Å². The zero-order valence-corrected chi connectivity index (χ0v) is 12.6. The average Bonchev–Trinajstić information content (AvgIpc) is 2.84. The molecule has 4 heteroatoms. The zero-order chi connectivity index (χ0) is 14.8. The predicted octanol–water partition coefficient (Wildman–Crippen LogP) is 3.53. The summed E-state index contributed by atoms with van der Waals surface area (Å²) in [6.07, 6.45) is 0.424. The lowest BCUT2D eigenvalue weighted by Gasteiger charge is -2.21. The molecule has 1 unspecified atom stereocenters. The first-order valence-corrected chi connectivity index (χ1v) is 7.47. The first-order valence-electron chi connectivity index (χ1n) is 7.09. The van der Waals surface area contributed by atoms with Crippen LogP contribution in [0.15, 0.2) is 42.5 Å². The minimum absolute atomic E-state index is 0.0259. The number of rotatable bonds is 4. The van der Waals surface area contributed by atoms with Gasteiger partial charge in [0.25, 0.3) is 0 Å². The molecule has 1 aliphatic rings. The standard InChI is InChI=1S/C17H17ClN2O/c1-2-19-17(11-6-4-3-5-7-11)13-8-12-9-16(21)20-15(12)10-14(13)18/h3-8,10,17,19H,2,9H2,1H3,(H,20,21). The van der Waals surface area contributed by atoms with Gasteiger partial charge in [-0.25, -0.2) is 0 Å². The highest BCUT2D eigenvalue weighted by molar-refractivity contribution is 6.32. The molecule has 1 aliphatic heterocycles. The monoisotopic (exact) mass is 300 g/mol. The minimum Gasteiger partial charge on any atom is -0.325 e. The third-order valence-electron chi connectivity index (χ3n) is 3.70. The van der Waals surface area contributed by atoms with Gasteiger partial charge in [0, 0.05) is 10.7 Å². The summed E-state index contributed by atoms with van der Waals surface area (Å²) < 4.78 is 0. The Morgan fingerprint density at radius 3 is 2.76 bits per heavy atom. The summed E-state index contributed by atoms with van der Waals surface area (Å²) in [5.41, 5.74) is 4.02. The van der Waals surface area contributed by atoms with Crippen molar-refractivity contribution in [3.8, 4) is 0 Å². The predicted molar refractivity (Wildman–Crippen MR) is 85.7 cm³/mol. The maximum Gasteiger partial charge on any atom is 0.228 e. The second-order valence-electron chi connectivity index (χ2n) is 5.16. The van der Waals surface area contributed by atoms with Gasteiger partial charge in [-0.1, -0.05) is 48.9 Å². The van der Waals surface area contributed by atoms with E-state index in [2.05, 4.69) is 29.7 Å². The van der Waals surface area contributed by atoms with Gasteiger partial charge in [-0.05, 0) is 35.4 Å². The number of hydrogen-bond acceptors (Lipinski definition) is 2. The molecule has 2 N–H and O–H groups in total. The largest absolute Gasteiger partial charge is 0.325 e. The van der Waals surface area contributed by atoms with E-state index in [1.54, 1.807) is 0 Å². The highest BCUT2D eigenvalue weighted by atomic mass is 35.5. The number of halogens is 1. The van der Waals surface area contributed by atoms with Gasteiger partial charge >= 0.3 is 0 Å². The normalized spacial score (nSPS) is 14.7. The number of anilines is 1. The lowest BCUT2D eigenvalue weighted by Crippen LogP contribution is -2.22. The van der Waals surface area contributed by atoms with Gasteiger partial charge in [0.15, 0.2) is 0 Å². The van der Waals surface area contributed by atoms with Crippen LogP contribution in [0, 0.1) is 0 Å². The molecule has 0 saturated heterocycles. The van der Waals surface area contributed by atoms with E-state index < -0.39 is 0 Å². The Morgan fingerprint density at radius 2 is 2.05 bits per heavy atom. The molecule has 3 nitrogen and oxygen atoms in total. The smallest absolute Gasteiger partial charge is 0.228 e. The second-order valence-corrected chi connectivity index (χ2v) is 5.56. The molecule has 108 valence electrons. The van der Waals surface area contributed by atoms with Crippen molar-refractivity contribution in [3.63, 3.8) is 0 Å². The third kappa shape index (κ3) is 2.80. The molecule has 0 saturated carbocycles. The summed E-state index contributed by atoms with van der Waals surface area (Å²) >= 11 is 6.44. The topological polar surface area (TPSA) is 41.1 Å². The molecule has 0 fully saturated rings. The van der Waals surface area contributed by atoms with Crippen LogP contribution in [0.4, 0.5) is 5.69 Å². The van der Waals surface area contributed by atoms with Crippen LogP contribution in [0.2, 0.25) is 5.02 Å². The molecule has 2 aromatic rings. The van der Waals surface area contributed by atoms with Crippen LogP contribution >= 0.6 is 11.6 Å². The summed E-state index contributed by atoms with van der Waals surface area (Å²) in [6.45, 7) is 2.91. The third-order valence-corrected chi connectivity index (χ3v) is 4.03. The number of carbonyl (C=O) groups is 1. The summed E-state index contributed by atoms with van der Waals surface area (Å²) in [4.78, 5) is 11.5. The van der Waals surface area contributed by atoms with Crippen LogP contribution in [0.5, 0.6) is 0 Å². The number of fused-ring (bicyclic) bond motifs is 1. The van der Waals surface area contributed by atoms with Gasteiger partial charge in [0.05, 0.1) is 12.5 Å². The maximum atomic E-state index is 11.5. The first-order chi connectivity index (χ1) is 10.2. The van der Waals surface area contributed by atoms with Crippen LogP contribution in [0.25, 0.3) is 0 Å². The van der Waals surface area contributed by atoms with Crippen LogP contribution in [-0.4, -0.2) is 12.5 Å². The molecule has 1 atom stereocenters. The fourth-order valence-electron chi connectivity index (χ4n) is 2.75. The van der Waals surface area contributed by atoms with Crippen LogP contribution in [0.1, 0.15) is 29.7 Å². The number of hydrogen-bond donors (Lipinski definition) is 2. The molecular weight excluding hydrogens is 284 g/mol. The van der Waals surface area contributed by atoms with E-state index in [-0.39, 0.29) is 11.9 Å². The van der Waals surface area contributed by atoms with Crippen LogP contribution in [0.3, 0.4) is 0 Å². The molecule has 0 aliphatic carbocycles. The van der Waals surface area contributed by atoms with Crippen molar-refractivity contribution >= 4 is 23.2 Å². The fraction of sp³-hybridized carbons (Fsp3) is 0.235. The quantitative estimate of drug-likeness (QED) is 0.907. The van der Waals surface area contributed by atoms with Crippen molar-refractivity contribution in [1.82, 2.24) is 5.32 Å². The molecule has 1 heterocycles. The molecule has 0 bridgehead atoms. The number of nitrogens with one attached hydrogen (secondary N) is 2. The number of benzene rings is 2. The van der Waals surface area contributed by atoms with Gasteiger partial charge in [0.2, 0.25) is 5.91 Å². The Kier molecular flexibility index (Phi) is 3.95. The molecule has 1 amide bonds. The first kappa shape index (κ1) is 14.1. The minimum atomic E-state index is 0.0259. The molecular formula is C17H17ClN2O. The average molecular weight is 301 g/mol. The highest BCUT2D eigenvalue weighted by Gasteiger charge is 2.23. The summed E-state index contributed by atoms with van der Waals surface area (Å²) in [6, 6.07) is 14.1. The Balaban J connectivity index is 2.04. The summed E-state index contributed by atoms with van der Waals surface area (Å²) in [5, 5.41) is 6.97. The van der Waals surface area contributed by atoms with Crippen LogP contribution < -0.4 is 10.6 Å². The van der Waals surface area contributed by atoms with E-state index in [1.165, 1.54) is 5.56 Å². The SMILES string of the molecule is CCNC(c1ccccc1)c1cc2c(cc1Cl)NC(=O)C2. The fourth-order valence-corrected chi connectivity index (χ4v) is 3.02. The van der Waals surface area contributed by atoms with Crippen molar-refractivity contribution < 1.29 is 4.79 Å². The van der Waals surface area contributed by atoms with E-state index in [9.17, 15) is 4.79 Å². The lowest BCUT2D eigenvalue weighted by molar-refractivity contribution is -0.115. The Morgan fingerprint density at radius 1 is 1.29 bits per heavy atom. The molecule has 3 rings (SSSR count). The highest BCUT2D eigenvalue weighted by Crippen LogP contribution is 2.35. The van der Waals surface area contributed by atoms with Crippen molar-refractivity contribution in [2.45, 2.75) is 19.4 Å². The number of carbonyl (C=O) groups excluding carboxylic acids is 1. The van der Waals surface area contributed by atoms with E-state index >= 15 is 0 Å². The summed E-state index contributed by atoms with van der Waals surface area (Å²) in [7, 11) is 0. The van der Waals surface area contributed by atoms with Crippen molar-refractivity contribution in [3.05, 3.63) is 64.2 Å². The molecule has 2 aromatic carbocycles. The second kappa shape index (κ2) is 5.88. The Labute approximate surface area is 129 Å². The lowest BCUT2D eigenvalue weighted by atomic mass is 9.96. The van der Waals surface area contributed by atoms with Gasteiger partial charge in [-0.3, -0.25) is 4.79 Å². The van der Waals surface area contributed by atoms with Gasteiger partial charge < -0.3 is 10.6 Å². The Hall–Kier alpha value is -1.84.